The fraction of sp³-hybridized carbons (Fsp3) is 0.120. The summed E-state index contributed by atoms with van der Waals surface area (Å²) in [5.41, 5.74) is 4.17. The molecule has 32 heavy (non-hydrogen) atoms. The van der Waals surface area contributed by atoms with Gasteiger partial charge in [0.15, 0.2) is 5.70 Å². The normalized spacial score (nSPS) is 14.4. The summed E-state index contributed by atoms with van der Waals surface area (Å²) in [7, 11) is 0. The number of hydrogen-bond acceptors (Lipinski definition) is 4. The summed E-state index contributed by atoms with van der Waals surface area (Å²) < 4.78 is 14.1. The lowest BCUT2D eigenvalue weighted by atomic mass is 10.1. The minimum atomic E-state index is -0.466. The van der Waals surface area contributed by atoms with Gasteiger partial charge in [-0.3, -0.25) is 0 Å². The molecule has 7 heteroatoms. The summed E-state index contributed by atoms with van der Waals surface area (Å²) >= 11 is 9.42. The highest BCUT2D eigenvalue weighted by atomic mass is 127. The molecule has 1 heterocycles. The number of carbonyl (C=O) groups is 1. The first-order valence-corrected chi connectivity index (χ1v) is 12.5. The number of carbonyl (C=O) groups excluding carboxylic acids is 1. The monoisotopic (exact) mass is 665 g/mol. The Morgan fingerprint density at radius 1 is 1.06 bits per heavy atom. The minimum Gasteiger partial charge on any atom is -0.491 e. The third-order valence-electron chi connectivity index (χ3n) is 4.83. The second-order valence-corrected chi connectivity index (χ2v) is 10.1. The number of aliphatic imine (C=N–C) groups is 1. The molecule has 1 aliphatic rings. The Morgan fingerprint density at radius 2 is 1.78 bits per heavy atom. The van der Waals surface area contributed by atoms with Crippen molar-refractivity contribution in [2.75, 3.05) is 6.61 Å². The summed E-state index contributed by atoms with van der Waals surface area (Å²) in [6.07, 6.45) is 2.52. The molecule has 1 aliphatic heterocycles. The molecule has 3 aromatic rings. The van der Waals surface area contributed by atoms with E-state index in [-0.39, 0.29) is 5.70 Å². The highest BCUT2D eigenvalue weighted by Crippen LogP contribution is 2.36. The SMILES string of the molecule is Cc1cc(C2=N/C(=C\c3cc(Br)c(OCCc4ccccc4)c(Br)c3)C(=O)O2)ccc1I. The van der Waals surface area contributed by atoms with E-state index in [1.807, 2.05) is 55.5 Å². The van der Waals surface area contributed by atoms with E-state index < -0.39 is 5.97 Å². The Hall–Kier alpha value is -1.97. The molecule has 3 aromatic carbocycles. The van der Waals surface area contributed by atoms with Gasteiger partial charge in [-0.1, -0.05) is 30.3 Å². The molecule has 0 N–H and O–H groups in total. The van der Waals surface area contributed by atoms with Crippen LogP contribution in [0.2, 0.25) is 0 Å². The van der Waals surface area contributed by atoms with Crippen LogP contribution in [0.15, 0.2) is 80.3 Å². The average molecular weight is 667 g/mol. The molecule has 0 atom stereocenters. The van der Waals surface area contributed by atoms with Crippen LogP contribution in [0.3, 0.4) is 0 Å². The summed E-state index contributed by atoms with van der Waals surface area (Å²) in [4.78, 5) is 16.8. The zero-order chi connectivity index (χ0) is 22.7. The number of benzene rings is 3. The number of ether oxygens (including phenoxy) is 2. The van der Waals surface area contributed by atoms with Crippen LogP contribution < -0.4 is 4.74 Å². The van der Waals surface area contributed by atoms with Crippen molar-refractivity contribution in [2.24, 2.45) is 4.99 Å². The molecule has 0 saturated heterocycles. The van der Waals surface area contributed by atoms with Gasteiger partial charge >= 0.3 is 5.97 Å². The maximum atomic E-state index is 12.4. The van der Waals surface area contributed by atoms with Gasteiger partial charge in [0.2, 0.25) is 5.90 Å². The maximum absolute atomic E-state index is 12.4. The lowest BCUT2D eigenvalue weighted by Crippen LogP contribution is -2.05. The maximum Gasteiger partial charge on any atom is 0.363 e. The van der Waals surface area contributed by atoms with Gasteiger partial charge in [0, 0.05) is 15.6 Å². The zero-order valence-electron chi connectivity index (χ0n) is 17.1. The summed E-state index contributed by atoms with van der Waals surface area (Å²) in [6, 6.07) is 19.8. The van der Waals surface area contributed by atoms with E-state index in [1.165, 1.54) is 5.56 Å². The van der Waals surface area contributed by atoms with Crippen LogP contribution in [0.4, 0.5) is 0 Å². The lowest BCUT2D eigenvalue weighted by Gasteiger charge is -2.11. The molecule has 0 saturated carbocycles. The van der Waals surface area contributed by atoms with Crippen molar-refractivity contribution >= 4 is 72.4 Å². The summed E-state index contributed by atoms with van der Waals surface area (Å²) in [6.45, 7) is 2.56. The van der Waals surface area contributed by atoms with Gasteiger partial charge in [0.05, 0.1) is 15.6 Å². The van der Waals surface area contributed by atoms with E-state index in [9.17, 15) is 4.79 Å². The highest BCUT2D eigenvalue weighted by molar-refractivity contribution is 14.1. The number of esters is 1. The molecule has 4 nitrogen and oxygen atoms in total. The first-order valence-electron chi connectivity index (χ1n) is 9.85. The predicted octanol–water partition coefficient (Wildman–Crippen LogP) is 7.09. The Bertz CT molecular complexity index is 1220. The van der Waals surface area contributed by atoms with Crippen molar-refractivity contribution in [1.29, 1.82) is 0 Å². The third kappa shape index (κ3) is 5.50. The number of hydrogen-bond donors (Lipinski definition) is 0. The van der Waals surface area contributed by atoms with Crippen LogP contribution in [-0.4, -0.2) is 18.5 Å². The van der Waals surface area contributed by atoms with E-state index >= 15 is 0 Å². The quantitative estimate of drug-likeness (QED) is 0.160. The van der Waals surface area contributed by atoms with Crippen LogP contribution in [-0.2, 0) is 16.0 Å². The number of nitrogens with zero attached hydrogens (tertiary/aromatic N) is 1. The number of aryl methyl sites for hydroxylation is 1. The molecule has 0 amide bonds. The van der Waals surface area contributed by atoms with Crippen molar-refractivity contribution in [3.63, 3.8) is 0 Å². The highest BCUT2D eigenvalue weighted by Gasteiger charge is 2.24. The standard InChI is InChI=1S/C25H18Br2INO3/c1-15-11-18(7-8-21(15)28)24-29-22(25(30)32-24)14-17-12-19(26)23(20(27)13-17)31-10-9-16-5-3-2-4-6-16/h2-8,11-14H,9-10H2,1H3/b22-14-. The van der Waals surface area contributed by atoms with Crippen molar-refractivity contribution in [3.05, 3.63) is 101 Å². The third-order valence-corrected chi connectivity index (χ3v) is 7.22. The average Bonchev–Trinajstić information content (AvgIpc) is 3.13. The lowest BCUT2D eigenvalue weighted by molar-refractivity contribution is -0.129. The molecule has 4 rings (SSSR count). The number of cyclic esters (lactones) is 1. The van der Waals surface area contributed by atoms with Gasteiger partial charge in [-0.15, -0.1) is 0 Å². The van der Waals surface area contributed by atoms with Crippen LogP contribution in [0, 0.1) is 10.5 Å². The molecule has 0 aliphatic carbocycles. The van der Waals surface area contributed by atoms with E-state index in [0.29, 0.717) is 12.5 Å². The molecule has 0 unspecified atom stereocenters. The smallest absolute Gasteiger partial charge is 0.363 e. The predicted molar refractivity (Wildman–Crippen MR) is 142 cm³/mol. The van der Waals surface area contributed by atoms with Crippen molar-refractivity contribution < 1.29 is 14.3 Å². The minimum absolute atomic E-state index is 0.257. The molecule has 0 fully saturated rings. The Labute approximate surface area is 217 Å². The fourth-order valence-electron chi connectivity index (χ4n) is 3.18. The number of halogens is 3. The Morgan fingerprint density at radius 3 is 2.47 bits per heavy atom. The largest absolute Gasteiger partial charge is 0.491 e. The van der Waals surface area contributed by atoms with Crippen LogP contribution in [0.5, 0.6) is 5.75 Å². The van der Waals surface area contributed by atoms with Crippen LogP contribution >= 0.6 is 54.5 Å². The van der Waals surface area contributed by atoms with Crippen molar-refractivity contribution in [1.82, 2.24) is 0 Å². The van der Waals surface area contributed by atoms with Gasteiger partial charge in [-0.05, 0) is 114 Å². The summed E-state index contributed by atoms with van der Waals surface area (Å²) in [5.74, 6) is 0.571. The van der Waals surface area contributed by atoms with E-state index in [0.717, 1.165) is 41.4 Å². The van der Waals surface area contributed by atoms with Gasteiger partial charge in [-0.25, -0.2) is 9.79 Å². The van der Waals surface area contributed by atoms with Gasteiger partial charge in [0.1, 0.15) is 5.75 Å². The molecule has 0 bridgehead atoms. The molecular weight excluding hydrogens is 649 g/mol. The second kappa shape index (κ2) is 10.3. The fourth-order valence-corrected chi connectivity index (χ4v) is 4.97. The molecule has 0 radical (unpaired) electrons. The van der Waals surface area contributed by atoms with E-state index in [4.69, 9.17) is 9.47 Å². The Kier molecular flexibility index (Phi) is 7.48. The molecular formula is C25H18Br2INO3. The van der Waals surface area contributed by atoms with Crippen molar-refractivity contribution in [2.45, 2.75) is 13.3 Å². The van der Waals surface area contributed by atoms with E-state index in [1.54, 1.807) is 6.08 Å². The number of rotatable bonds is 6. The molecule has 162 valence electrons. The molecule has 0 aromatic heterocycles. The zero-order valence-corrected chi connectivity index (χ0v) is 22.4. The van der Waals surface area contributed by atoms with Crippen LogP contribution in [0.25, 0.3) is 6.08 Å². The Balaban J connectivity index is 1.51. The second-order valence-electron chi connectivity index (χ2n) is 7.20. The summed E-state index contributed by atoms with van der Waals surface area (Å²) in [5, 5.41) is 0. The van der Waals surface area contributed by atoms with Crippen LogP contribution in [0.1, 0.15) is 22.3 Å². The molecule has 0 spiro atoms. The first-order chi connectivity index (χ1) is 15.4. The first kappa shape index (κ1) is 23.2. The van der Waals surface area contributed by atoms with Crippen molar-refractivity contribution in [3.8, 4) is 5.75 Å². The van der Waals surface area contributed by atoms with Gasteiger partial charge in [-0.2, -0.15) is 0 Å². The van der Waals surface area contributed by atoms with E-state index in [2.05, 4.69) is 71.6 Å². The topological polar surface area (TPSA) is 47.9 Å². The van der Waals surface area contributed by atoms with Gasteiger partial charge < -0.3 is 9.47 Å². The van der Waals surface area contributed by atoms with Gasteiger partial charge in [0.25, 0.3) is 0 Å².